The Bertz CT molecular complexity index is 602. The first kappa shape index (κ1) is 18.5. The fraction of sp³-hybridized carbons (Fsp3) is 0.600. The highest BCUT2D eigenvalue weighted by Crippen LogP contribution is 2.32. The molecule has 0 heterocycles. The number of ether oxygens (including phenoxy) is 1. The third kappa shape index (κ3) is 4.59. The van der Waals surface area contributed by atoms with Crippen LogP contribution in [0.15, 0.2) is 18.2 Å². The summed E-state index contributed by atoms with van der Waals surface area (Å²) in [6.45, 7) is 9.45. The fourth-order valence-electron chi connectivity index (χ4n) is 3.45. The van der Waals surface area contributed by atoms with Gasteiger partial charge in [-0.15, -0.1) is 0 Å². The van der Waals surface area contributed by atoms with Gasteiger partial charge in [-0.25, -0.2) is 4.79 Å². The van der Waals surface area contributed by atoms with E-state index in [2.05, 4.69) is 5.32 Å². The number of nitrogens with one attached hydrogen (secondary N) is 1. The first-order valence-corrected chi connectivity index (χ1v) is 8.76. The number of Topliss-reactive ketones (excluding diaryl/α,β-unsaturated/α-hetero) is 1. The van der Waals surface area contributed by atoms with Crippen LogP contribution in [0.2, 0.25) is 0 Å². The summed E-state index contributed by atoms with van der Waals surface area (Å²) in [5.41, 5.74) is 1.36. The van der Waals surface area contributed by atoms with Crippen molar-refractivity contribution in [2.24, 2.45) is 0 Å². The van der Waals surface area contributed by atoms with Crippen molar-refractivity contribution in [3.05, 3.63) is 34.9 Å². The van der Waals surface area contributed by atoms with Gasteiger partial charge in [0.05, 0.1) is 0 Å². The van der Waals surface area contributed by atoms with Crippen LogP contribution in [0.3, 0.4) is 0 Å². The Labute approximate surface area is 145 Å². The number of alkyl carbamates (subject to hydrolysis) is 1. The predicted molar refractivity (Wildman–Crippen MR) is 95.4 cm³/mol. The van der Waals surface area contributed by atoms with Crippen molar-refractivity contribution in [1.29, 1.82) is 0 Å². The number of benzene rings is 1. The number of ketones is 1. The van der Waals surface area contributed by atoms with Gasteiger partial charge in [0.1, 0.15) is 11.1 Å². The van der Waals surface area contributed by atoms with Gasteiger partial charge in [-0.3, -0.25) is 4.79 Å². The maximum atomic E-state index is 13.3. The molecule has 1 fully saturated rings. The highest BCUT2D eigenvalue weighted by atomic mass is 16.6. The summed E-state index contributed by atoms with van der Waals surface area (Å²) in [4.78, 5) is 25.6. The summed E-state index contributed by atoms with van der Waals surface area (Å²) in [5.74, 6) is -0.000130. The summed E-state index contributed by atoms with van der Waals surface area (Å²) >= 11 is 0. The van der Waals surface area contributed by atoms with Crippen LogP contribution in [0.25, 0.3) is 0 Å². The molecule has 1 N–H and O–H groups in total. The molecule has 4 heteroatoms. The van der Waals surface area contributed by atoms with Crippen LogP contribution in [0.5, 0.6) is 0 Å². The molecule has 0 aromatic heterocycles. The molecule has 0 unspecified atom stereocenters. The van der Waals surface area contributed by atoms with E-state index in [0.717, 1.165) is 30.4 Å². The zero-order valence-corrected chi connectivity index (χ0v) is 15.5. The minimum atomic E-state index is -0.846. The highest BCUT2D eigenvalue weighted by molar-refractivity contribution is 6.05. The van der Waals surface area contributed by atoms with E-state index in [1.54, 1.807) is 0 Å². The Kier molecular flexibility index (Phi) is 5.36. The maximum Gasteiger partial charge on any atom is 0.408 e. The van der Waals surface area contributed by atoms with Crippen LogP contribution in [0.4, 0.5) is 4.79 Å². The van der Waals surface area contributed by atoms with E-state index in [9.17, 15) is 9.59 Å². The summed E-state index contributed by atoms with van der Waals surface area (Å²) in [6, 6.07) is 5.86. The van der Waals surface area contributed by atoms with E-state index in [-0.39, 0.29) is 5.78 Å². The second-order valence-electron chi connectivity index (χ2n) is 7.98. The van der Waals surface area contributed by atoms with Crippen LogP contribution in [-0.4, -0.2) is 23.0 Å². The topological polar surface area (TPSA) is 55.4 Å². The Balaban J connectivity index is 2.29. The number of rotatable bonds is 3. The molecule has 1 aliphatic rings. The Morgan fingerprint density at radius 1 is 1.00 bits per heavy atom. The van der Waals surface area contributed by atoms with Gasteiger partial charge in [-0.2, -0.15) is 0 Å². The van der Waals surface area contributed by atoms with Crippen molar-refractivity contribution in [3.63, 3.8) is 0 Å². The molecule has 0 bridgehead atoms. The molecule has 0 atom stereocenters. The van der Waals surface area contributed by atoms with Gasteiger partial charge in [0.25, 0.3) is 0 Å². The highest BCUT2D eigenvalue weighted by Gasteiger charge is 2.42. The molecule has 0 saturated heterocycles. The molecule has 24 heavy (non-hydrogen) atoms. The van der Waals surface area contributed by atoms with Crippen molar-refractivity contribution in [1.82, 2.24) is 5.32 Å². The summed E-state index contributed by atoms with van der Waals surface area (Å²) in [5, 5.41) is 2.92. The Hall–Kier alpha value is -1.84. The number of carbonyl (C=O) groups excluding carboxylic acids is 2. The SMILES string of the molecule is Cc1cc(C)cc(C(=O)C2(NC(=O)OC(C)(C)C)CCCCC2)c1. The average molecular weight is 331 g/mol. The molecule has 1 aliphatic carbocycles. The lowest BCUT2D eigenvalue weighted by Crippen LogP contribution is -2.56. The van der Waals surface area contributed by atoms with E-state index < -0.39 is 17.2 Å². The van der Waals surface area contributed by atoms with E-state index in [4.69, 9.17) is 4.74 Å². The lowest BCUT2D eigenvalue weighted by atomic mass is 9.76. The molecule has 1 aromatic rings. The molecule has 1 saturated carbocycles. The molecule has 1 amide bonds. The summed E-state index contributed by atoms with van der Waals surface area (Å²) < 4.78 is 5.40. The first-order chi connectivity index (χ1) is 11.1. The van der Waals surface area contributed by atoms with Gasteiger partial charge in [0.2, 0.25) is 0 Å². The smallest absolute Gasteiger partial charge is 0.408 e. The van der Waals surface area contributed by atoms with Crippen LogP contribution in [0.1, 0.15) is 74.4 Å². The van der Waals surface area contributed by atoms with Crippen LogP contribution >= 0.6 is 0 Å². The second-order valence-corrected chi connectivity index (χ2v) is 7.98. The van der Waals surface area contributed by atoms with Crippen LogP contribution in [-0.2, 0) is 4.74 Å². The normalized spacial score (nSPS) is 17.2. The maximum absolute atomic E-state index is 13.3. The van der Waals surface area contributed by atoms with E-state index in [1.807, 2.05) is 52.8 Å². The lowest BCUT2D eigenvalue weighted by molar-refractivity contribution is 0.0400. The zero-order chi connectivity index (χ0) is 18.0. The number of hydrogen-bond donors (Lipinski definition) is 1. The Morgan fingerprint density at radius 3 is 2.04 bits per heavy atom. The molecular formula is C20H29NO3. The van der Waals surface area contributed by atoms with Crippen molar-refractivity contribution >= 4 is 11.9 Å². The van der Waals surface area contributed by atoms with Gasteiger partial charge >= 0.3 is 6.09 Å². The summed E-state index contributed by atoms with van der Waals surface area (Å²) in [7, 11) is 0. The molecular weight excluding hydrogens is 302 g/mol. The minimum Gasteiger partial charge on any atom is -0.444 e. The fourth-order valence-corrected chi connectivity index (χ4v) is 3.45. The molecule has 132 valence electrons. The molecule has 4 nitrogen and oxygen atoms in total. The third-order valence-electron chi connectivity index (χ3n) is 4.37. The van der Waals surface area contributed by atoms with Crippen LogP contribution < -0.4 is 5.32 Å². The second kappa shape index (κ2) is 6.96. The molecule has 2 rings (SSSR count). The van der Waals surface area contributed by atoms with Crippen molar-refractivity contribution < 1.29 is 14.3 Å². The standard InChI is InChI=1S/C20H29NO3/c1-14-11-15(2)13-16(12-14)17(22)20(9-7-6-8-10-20)21-18(23)24-19(3,4)5/h11-13H,6-10H2,1-5H3,(H,21,23). The van der Waals surface area contributed by atoms with Gasteiger partial charge in [0, 0.05) is 5.56 Å². The predicted octanol–water partition coefficient (Wildman–Crippen LogP) is 4.71. The number of carbonyl (C=O) groups is 2. The van der Waals surface area contributed by atoms with Crippen molar-refractivity contribution in [2.75, 3.05) is 0 Å². The zero-order valence-electron chi connectivity index (χ0n) is 15.5. The largest absolute Gasteiger partial charge is 0.444 e. The average Bonchev–Trinajstić information content (AvgIpc) is 2.44. The van der Waals surface area contributed by atoms with Crippen molar-refractivity contribution in [3.8, 4) is 0 Å². The quantitative estimate of drug-likeness (QED) is 0.816. The number of aryl methyl sites for hydroxylation is 2. The van der Waals surface area contributed by atoms with Crippen LogP contribution in [0, 0.1) is 13.8 Å². The first-order valence-electron chi connectivity index (χ1n) is 8.76. The van der Waals surface area contributed by atoms with E-state index >= 15 is 0 Å². The van der Waals surface area contributed by atoms with E-state index in [0.29, 0.717) is 18.4 Å². The van der Waals surface area contributed by atoms with E-state index in [1.165, 1.54) is 0 Å². The molecule has 1 aromatic carbocycles. The Morgan fingerprint density at radius 2 is 1.54 bits per heavy atom. The molecule has 0 aliphatic heterocycles. The number of amides is 1. The van der Waals surface area contributed by atoms with Crippen molar-refractivity contribution in [2.45, 2.75) is 77.9 Å². The monoisotopic (exact) mass is 331 g/mol. The van der Waals surface area contributed by atoms with Gasteiger partial charge in [0.15, 0.2) is 5.78 Å². The van der Waals surface area contributed by atoms with Gasteiger partial charge in [-0.05, 0) is 59.6 Å². The molecule has 0 spiro atoms. The third-order valence-corrected chi connectivity index (χ3v) is 4.37. The van der Waals surface area contributed by atoms with Gasteiger partial charge < -0.3 is 10.1 Å². The minimum absolute atomic E-state index is 0.000130. The van der Waals surface area contributed by atoms with Gasteiger partial charge in [-0.1, -0.05) is 36.5 Å². The number of hydrogen-bond acceptors (Lipinski definition) is 3. The molecule has 0 radical (unpaired) electrons. The lowest BCUT2D eigenvalue weighted by Gasteiger charge is -2.37. The summed E-state index contributed by atoms with van der Waals surface area (Å²) in [6.07, 6.45) is 3.79.